The molecule has 1 aliphatic carbocycles. The second-order valence-corrected chi connectivity index (χ2v) is 10.6. The molecule has 0 bridgehead atoms. The first kappa shape index (κ1) is 29.6. The molecule has 1 saturated heterocycles. The topological polar surface area (TPSA) is 119 Å². The van der Waals surface area contributed by atoms with E-state index in [9.17, 15) is 37.5 Å². The first-order chi connectivity index (χ1) is 20.6. The van der Waals surface area contributed by atoms with Gasteiger partial charge in [-0.2, -0.15) is 0 Å². The van der Waals surface area contributed by atoms with Gasteiger partial charge in [-0.25, -0.2) is 13.2 Å². The summed E-state index contributed by atoms with van der Waals surface area (Å²) in [6.45, 7) is 1.87. The number of carbonyl (C=O) groups excluding carboxylic acids is 3. The molecule has 1 unspecified atom stereocenters. The number of nitrogens with one attached hydrogen (secondary N) is 2. The van der Waals surface area contributed by atoms with E-state index in [0.717, 1.165) is 43.2 Å². The van der Waals surface area contributed by atoms with Crippen LogP contribution in [-0.4, -0.2) is 59.9 Å². The van der Waals surface area contributed by atoms with Gasteiger partial charge in [0.1, 0.15) is 5.82 Å². The number of carboxylic acid groups (broad SMARTS) is 1. The Balaban J connectivity index is 1.40. The van der Waals surface area contributed by atoms with Crippen LogP contribution in [0.15, 0.2) is 60.7 Å². The van der Waals surface area contributed by atoms with E-state index < -0.39 is 47.7 Å². The van der Waals surface area contributed by atoms with Crippen molar-refractivity contribution in [3.8, 4) is 0 Å². The zero-order valence-electron chi connectivity index (χ0n) is 23.0. The molecule has 2 aliphatic rings. The molecule has 1 atom stereocenters. The molecule has 3 aromatic carbocycles. The Bertz CT molecular complexity index is 1550. The van der Waals surface area contributed by atoms with Gasteiger partial charge in [0.2, 0.25) is 5.91 Å². The van der Waals surface area contributed by atoms with E-state index >= 15 is 0 Å². The van der Waals surface area contributed by atoms with Crippen molar-refractivity contribution < 1.29 is 37.5 Å². The summed E-state index contributed by atoms with van der Waals surface area (Å²) in [5.41, 5.74) is 1.09. The predicted octanol–water partition coefficient (Wildman–Crippen LogP) is 4.36. The van der Waals surface area contributed by atoms with Crippen LogP contribution >= 0.6 is 0 Å². The smallest absolute Gasteiger partial charge is 0.305 e. The van der Waals surface area contributed by atoms with Crippen LogP contribution in [0.4, 0.5) is 24.5 Å². The first-order valence-electron chi connectivity index (χ1n) is 13.8. The van der Waals surface area contributed by atoms with Gasteiger partial charge in [-0.05, 0) is 66.9 Å². The molecular weight excluding hydrogens is 565 g/mol. The number of carbonyl (C=O) groups is 4. The third-order valence-electron chi connectivity index (χ3n) is 7.50. The summed E-state index contributed by atoms with van der Waals surface area (Å²) in [5.74, 6) is -5.15. The molecule has 2 fully saturated rings. The Morgan fingerprint density at radius 1 is 0.814 bits per heavy atom. The van der Waals surface area contributed by atoms with E-state index in [4.69, 9.17) is 0 Å². The zero-order valence-corrected chi connectivity index (χ0v) is 23.0. The van der Waals surface area contributed by atoms with E-state index in [1.54, 1.807) is 6.07 Å². The maximum atomic E-state index is 13.8. The molecular formula is C31H29F3N4O5. The molecule has 1 heterocycles. The van der Waals surface area contributed by atoms with Crippen LogP contribution in [-0.2, 0) is 9.59 Å². The minimum Gasteiger partial charge on any atom is -0.481 e. The lowest BCUT2D eigenvalue weighted by Gasteiger charge is -2.37. The largest absolute Gasteiger partial charge is 0.481 e. The molecule has 1 aliphatic heterocycles. The molecule has 224 valence electrons. The Hall–Kier alpha value is -4.87. The zero-order chi connectivity index (χ0) is 30.7. The van der Waals surface area contributed by atoms with Crippen molar-refractivity contribution >= 4 is 35.1 Å². The Kier molecular flexibility index (Phi) is 8.65. The van der Waals surface area contributed by atoms with E-state index in [1.807, 2.05) is 9.80 Å². The van der Waals surface area contributed by atoms with Crippen LogP contribution < -0.4 is 15.5 Å². The number of nitrogens with zero attached hydrogens (tertiary/aromatic N) is 2. The van der Waals surface area contributed by atoms with Crippen molar-refractivity contribution in [2.45, 2.75) is 25.3 Å². The molecule has 3 N–H and O–H groups in total. The normalized spacial score (nSPS) is 15.5. The summed E-state index contributed by atoms with van der Waals surface area (Å²) in [5, 5.41) is 14.7. The third-order valence-corrected chi connectivity index (χ3v) is 7.50. The summed E-state index contributed by atoms with van der Waals surface area (Å²) in [6.07, 6.45) is 1.34. The van der Waals surface area contributed by atoms with Crippen molar-refractivity contribution in [3.63, 3.8) is 0 Å². The van der Waals surface area contributed by atoms with Gasteiger partial charge >= 0.3 is 5.97 Å². The summed E-state index contributed by atoms with van der Waals surface area (Å²) < 4.78 is 40.8. The number of rotatable bonds is 9. The van der Waals surface area contributed by atoms with Crippen molar-refractivity contribution in [2.24, 2.45) is 5.92 Å². The number of benzene rings is 3. The number of amides is 3. The first-order valence-corrected chi connectivity index (χ1v) is 13.8. The van der Waals surface area contributed by atoms with Gasteiger partial charge in [-0.3, -0.25) is 19.2 Å². The second kappa shape index (κ2) is 12.6. The van der Waals surface area contributed by atoms with Gasteiger partial charge in [-0.15, -0.1) is 0 Å². The maximum Gasteiger partial charge on any atom is 0.305 e. The molecule has 1 saturated carbocycles. The highest BCUT2D eigenvalue weighted by molar-refractivity contribution is 6.07. The highest BCUT2D eigenvalue weighted by Crippen LogP contribution is 2.33. The van der Waals surface area contributed by atoms with E-state index in [1.165, 1.54) is 24.3 Å². The van der Waals surface area contributed by atoms with Crippen molar-refractivity contribution in [1.82, 2.24) is 10.2 Å². The molecule has 12 heteroatoms. The van der Waals surface area contributed by atoms with Crippen molar-refractivity contribution in [2.75, 3.05) is 36.4 Å². The molecule has 0 aromatic heterocycles. The van der Waals surface area contributed by atoms with Crippen LogP contribution in [0, 0.1) is 23.4 Å². The standard InChI is InChI=1S/C31H29F3N4O5/c32-22-7-3-18(4-8-22)25(17-28(39)40)35-30(42)21-6-10-27(37-11-13-38(14-12-37)31(43)19-1-2-19)26(16-21)36-29(41)20-5-9-23(33)24(34)15-20/h3-10,15-16,19,25H,1-2,11-14,17H2,(H,35,42)(H,36,41)(H,39,40). The number of aliphatic carboxylic acids is 1. The maximum absolute atomic E-state index is 13.8. The van der Waals surface area contributed by atoms with Crippen LogP contribution in [0.3, 0.4) is 0 Å². The van der Waals surface area contributed by atoms with E-state index in [2.05, 4.69) is 10.6 Å². The molecule has 0 spiro atoms. The Morgan fingerprint density at radius 2 is 1.47 bits per heavy atom. The fourth-order valence-electron chi connectivity index (χ4n) is 5.00. The molecule has 3 amide bonds. The van der Waals surface area contributed by atoms with Gasteiger partial charge in [0.05, 0.1) is 23.8 Å². The molecule has 43 heavy (non-hydrogen) atoms. The summed E-state index contributed by atoms with van der Waals surface area (Å²) in [7, 11) is 0. The Labute approximate surface area is 245 Å². The van der Waals surface area contributed by atoms with E-state index in [0.29, 0.717) is 37.4 Å². The van der Waals surface area contributed by atoms with Gasteiger partial charge in [0.15, 0.2) is 11.6 Å². The summed E-state index contributed by atoms with van der Waals surface area (Å²) in [6, 6.07) is 11.4. The van der Waals surface area contributed by atoms with Gasteiger partial charge in [0.25, 0.3) is 11.8 Å². The van der Waals surface area contributed by atoms with Crippen LogP contribution in [0.25, 0.3) is 0 Å². The Morgan fingerprint density at radius 3 is 2.09 bits per heavy atom. The monoisotopic (exact) mass is 594 g/mol. The van der Waals surface area contributed by atoms with Gasteiger partial charge in [0, 0.05) is 43.2 Å². The summed E-state index contributed by atoms with van der Waals surface area (Å²) >= 11 is 0. The second-order valence-electron chi connectivity index (χ2n) is 10.6. The quantitative estimate of drug-likeness (QED) is 0.339. The fourth-order valence-corrected chi connectivity index (χ4v) is 5.00. The highest BCUT2D eigenvalue weighted by atomic mass is 19.2. The molecule has 0 radical (unpaired) electrons. The minimum absolute atomic E-state index is 0.0874. The van der Waals surface area contributed by atoms with Crippen LogP contribution in [0.2, 0.25) is 0 Å². The van der Waals surface area contributed by atoms with Crippen LogP contribution in [0.1, 0.15) is 51.6 Å². The average Bonchev–Trinajstić information content (AvgIpc) is 3.84. The molecule has 9 nitrogen and oxygen atoms in total. The molecule has 5 rings (SSSR count). The third kappa shape index (κ3) is 7.14. The van der Waals surface area contributed by atoms with Crippen molar-refractivity contribution in [1.29, 1.82) is 0 Å². The average molecular weight is 595 g/mol. The van der Waals surface area contributed by atoms with Crippen LogP contribution in [0.5, 0.6) is 0 Å². The van der Waals surface area contributed by atoms with Gasteiger partial charge in [-0.1, -0.05) is 12.1 Å². The number of hydrogen-bond acceptors (Lipinski definition) is 5. The van der Waals surface area contributed by atoms with E-state index in [-0.39, 0.29) is 28.6 Å². The summed E-state index contributed by atoms with van der Waals surface area (Å²) in [4.78, 5) is 54.1. The number of piperazine rings is 1. The number of hydrogen-bond donors (Lipinski definition) is 3. The lowest BCUT2D eigenvalue weighted by atomic mass is 10.0. The lowest BCUT2D eigenvalue weighted by molar-refractivity contribution is -0.137. The highest BCUT2D eigenvalue weighted by Gasteiger charge is 2.35. The number of halogens is 3. The molecule has 3 aromatic rings. The predicted molar refractivity (Wildman–Crippen MR) is 151 cm³/mol. The minimum atomic E-state index is -1.19. The SMILES string of the molecule is O=C(O)CC(NC(=O)c1ccc(N2CCN(C(=O)C3CC3)CC2)c(NC(=O)c2ccc(F)c(F)c2)c1)c1ccc(F)cc1. The number of carboxylic acids is 1. The van der Waals surface area contributed by atoms with Gasteiger partial charge < -0.3 is 25.5 Å². The van der Waals surface area contributed by atoms with Crippen molar-refractivity contribution in [3.05, 3.63) is 94.8 Å². The lowest BCUT2D eigenvalue weighted by Crippen LogP contribution is -2.49. The number of anilines is 2. The fraction of sp³-hybridized carbons (Fsp3) is 0.290.